The lowest BCUT2D eigenvalue weighted by molar-refractivity contribution is -0.131. The summed E-state index contributed by atoms with van der Waals surface area (Å²) in [6.07, 6.45) is 5.00. The van der Waals surface area contributed by atoms with Gasteiger partial charge in [0.25, 0.3) is 0 Å². The maximum Gasteiger partial charge on any atom is 0.223 e. The maximum absolute atomic E-state index is 12.0. The van der Waals surface area contributed by atoms with E-state index >= 15 is 0 Å². The highest BCUT2D eigenvalue weighted by Gasteiger charge is 2.29. The van der Waals surface area contributed by atoms with E-state index in [9.17, 15) is 4.79 Å². The Hall–Kier alpha value is -0.480. The summed E-state index contributed by atoms with van der Waals surface area (Å²) in [4.78, 5) is 14.1. The molecule has 1 aliphatic heterocycles. The normalized spacial score (nSPS) is 20.3. The Kier molecular flexibility index (Phi) is 4.29. The second-order valence-electron chi connectivity index (χ2n) is 4.04. The number of carbonyl (C=O) groups is 1. The summed E-state index contributed by atoms with van der Waals surface area (Å²) >= 11 is 3.46. The summed E-state index contributed by atoms with van der Waals surface area (Å²) < 4.78 is 0. The Morgan fingerprint density at radius 3 is 3.25 bits per heavy atom. The quantitative estimate of drug-likeness (QED) is 0.823. The van der Waals surface area contributed by atoms with Gasteiger partial charge in [-0.15, -0.1) is 0 Å². The fourth-order valence-electron chi connectivity index (χ4n) is 2.21. The van der Waals surface area contributed by atoms with Crippen LogP contribution < -0.4 is 0 Å². The molecule has 2 rings (SSSR count). The van der Waals surface area contributed by atoms with E-state index in [1.54, 1.807) is 23.1 Å². The fraction of sp³-hybridized carbons (Fsp3) is 0.583. The first kappa shape index (κ1) is 12.0. The van der Waals surface area contributed by atoms with E-state index in [1.165, 1.54) is 5.56 Å². The standard InChI is InChI=1S/C12H17NOS2/c1-15-7-5-12(14)13-6-2-3-11(13)10-4-8-16-9-10/h4,8-9,11H,2-3,5-7H2,1H3. The summed E-state index contributed by atoms with van der Waals surface area (Å²) in [5.41, 5.74) is 1.32. The summed E-state index contributed by atoms with van der Waals surface area (Å²) in [5.74, 6) is 1.26. The third kappa shape index (κ3) is 2.61. The predicted octanol–water partition coefficient (Wildman–Crippen LogP) is 3.16. The van der Waals surface area contributed by atoms with Crippen molar-refractivity contribution < 1.29 is 4.79 Å². The van der Waals surface area contributed by atoms with E-state index in [0.717, 1.165) is 25.1 Å². The lowest BCUT2D eigenvalue weighted by Gasteiger charge is -2.24. The molecule has 2 heterocycles. The van der Waals surface area contributed by atoms with Gasteiger partial charge in [-0.2, -0.15) is 23.1 Å². The van der Waals surface area contributed by atoms with Crippen molar-refractivity contribution in [1.82, 2.24) is 4.90 Å². The molecule has 0 aliphatic carbocycles. The van der Waals surface area contributed by atoms with Crippen LogP contribution in [0.25, 0.3) is 0 Å². The molecular formula is C12H17NOS2. The Labute approximate surface area is 105 Å². The molecule has 88 valence electrons. The average Bonchev–Trinajstić information content (AvgIpc) is 2.94. The van der Waals surface area contributed by atoms with Gasteiger partial charge in [-0.25, -0.2) is 0 Å². The number of amides is 1. The topological polar surface area (TPSA) is 20.3 Å². The van der Waals surface area contributed by atoms with Crippen molar-refractivity contribution in [2.24, 2.45) is 0 Å². The molecule has 0 bridgehead atoms. The van der Waals surface area contributed by atoms with Crippen molar-refractivity contribution in [3.8, 4) is 0 Å². The second kappa shape index (κ2) is 5.73. The van der Waals surface area contributed by atoms with Crippen molar-refractivity contribution in [2.45, 2.75) is 25.3 Å². The minimum Gasteiger partial charge on any atom is -0.336 e. The lowest BCUT2D eigenvalue weighted by atomic mass is 10.1. The number of hydrogen-bond acceptors (Lipinski definition) is 3. The molecule has 0 aromatic carbocycles. The van der Waals surface area contributed by atoms with Crippen LogP contribution >= 0.6 is 23.1 Å². The van der Waals surface area contributed by atoms with Gasteiger partial charge in [-0.3, -0.25) is 4.79 Å². The minimum atomic E-state index is 0.322. The second-order valence-corrected chi connectivity index (χ2v) is 5.81. The maximum atomic E-state index is 12.0. The van der Waals surface area contributed by atoms with E-state index < -0.39 is 0 Å². The van der Waals surface area contributed by atoms with E-state index in [4.69, 9.17) is 0 Å². The molecule has 1 atom stereocenters. The van der Waals surface area contributed by atoms with Crippen molar-refractivity contribution in [3.05, 3.63) is 22.4 Å². The molecule has 0 N–H and O–H groups in total. The van der Waals surface area contributed by atoms with E-state index in [1.807, 2.05) is 6.26 Å². The van der Waals surface area contributed by atoms with Crippen molar-refractivity contribution in [1.29, 1.82) is 0 Å². The summed E-state index contributed by atoms with van der Waals surface area (Å²) in [6, 6.07) is 2.50. The highest BCUT2D eigenvalue weighted by Crippen LogP contribution is 2.33. The molecule has 0 spiro atoms. The highest BCUT2D eigenvalue weighted by atomic mass is 32.2. The highest BCUT2D eigenvalue weighted by molar-refractivity contribution is 7.98. The summed E-state index contributed by atoms with van der Waals surface area (Å²) in [6.45, 7) is 0.938. The molecule has 2 nitrogen and oxygen atoms in total. The smallest absolute Gasteiger partial charge is 0.223 e. The van der Waals surface area contributed by atoms with Crippen LogP contribution in [0.2, 0.25) is 0 Å². The third-order valence-electron chi connectivity index (χ3n) is 3.02. The van der Waals surface area contributed by atoms with Crippen LogP contribution in [-0.2, 0) is 4.79 Å². The zero-order valence-electron chi connectivity index (χ0n) is 9.52. The minimum absolute atomic E-state index is 0.322. The van der Waals surface area contributed by atoms with Crippen LogP contribution in [-0.4, -0.2) is 29.4 Å². The Balaban J connectivity index is 2.01. The van der Waals surface area contributed by atoms with Crippen LogP contribution in [0.4, 0.5) is 0 Å². The third-order valence-corrected chi connectivity index (χ3v) is 4.33. The van der Waals surface area contributed by atoms with Crippen LogP contribution in [0.15, 0.2) is 16.8 Å². The Bertz CT molecular complexity index is 337. The van der Waals surface area contributed by atoms with E-state index in [2.05, 4.69) is 21.7 Å². The molecule has 0 radical (unpaired) electrons. The molecule has 1 aromatic heterocycles. The molecule has 1 amide bonds. The molecule has 1 unspecified atom stereocenters. The zero-order valence-corrected chi connectivity index (χ0v) is 11.1. The van der Waals surface area contributed by atoms with E-state index in [-0.39, 0.29) is 0 Å². The first-order valence-corrected chi connectivity index (χ1v) is 7.97. The van der Waals surface area contributed by atoms with Gasteiger partial charge in [0.2, 0.25) is 5.91 Å². The number of rotatable bonds is 4. The molecule has 16 heavy (non-hydrogen) atoms. The van der Waals surface area contributed by atoms with Gasteiger partial charge in [0.1, 0.15) is 0 Å². The molecule has 4 heteroatoms. The number of thioether (sulfide) groups is 1. The monoisotopic (exact) mass is 255 g/mol. The van der Waals surface area contributed by atoms with Crippen molar-refractivity contribution in [3.63, 3.8) is 0 Å². The fourth-order valence-corrected chi connectivity index (χ4v) is 3.30. The van der Waals surface area contributed by atoms with Gasteiger partial charge in [-0.05, 0) is 41.5 Å². The van der Waals surface area contributed by atoms with Crippen molar-refractivity contribution in [2.75, 3.05) is 18.6 Å². The zero-order chi connectivity index (χ0) is 11.4. The lowest BCUT2D eigenvalue weighted by Crippen LogP contribution is -2.30. The molecular weight excluding hydrogens is 238 g/mol. The van der Waals surface area contributed by atoms with Gasteiger partial charge in [0.15, 0.2) is 0 Å². The summed E-state index contributed by atoms with van der Waals surface area (Å²) in [7, 11) is 0. The number of hydrogen-bond donors (Lipinski definition) is 0. The van der Waals surface area contributed by atoms with Crippen molar-refractivity contribution >= 4 is 29.0 Å². The first-order chi connectivity index (χ1) is 7.83. The van der Waals surface area contributed by atoms with Crippen LogP contribution in [0.3, 0.4) is 0 Å². The Morgan fingerprint density at radius 1 is 1.69 bits per heavy atom. The number of thiophene rings is 1. The SMILES string of the molecule is CSCCC(=O)N1CCCC1c1ccsc1. The van der Waals surface area contributed by atoms with Crippen LogP contribution in [0, 0.1) is 0 Å². The van der Waals surface area contributed by atoms with Gasteiger partial charge in [-0.1, -0.05) is 0 Å². The largest absolute Gasteiger partial charge is 0.336 e. The average molecular weight is 255 g/mol. The molecule has 0 saturated carbocycles. The molecule has 1 aliphatic rings. The van der Waals surface area contributed by atoms with E-state index in [0.29, 0.717) is 18.4 Å². The van der Waals surface area contributed by atoms with Crippen LogP contribution in [0.1, 0.15) is 30.9 Å². The van der Waals surface area contributed by atoms with Gasteiger partial charge in [0, 0.05) is 18.7 Å². The van der Waals surface area contributed by atoms with Crippen LogP contribution in [0.5, 0.6) is 0 Å². The molecule has 1 aromatic rings. The van der Waals surface area contributed by atoms with Gasteiger partial charge < -0.3 is 4.90 Å². The summed E-state index contributed by atoms with van der Waals surface area (Å²) in [5, 5.41) is 4.27. The first-order valence-electron chi connectivity index (χ1n) is 5.63. The number of nitrogens with zero attached hydrogens (tertiary/aromatic N) is 1. The van der Waals surface area contributed by atoms with Gasteiger partial charge in [0.05, 0.1) is 6.04 Å². The van der Waals surface area contributed by atoms with Gasteiger partial charge >= 0.3 is 0 Å². The number of likely N-dealkylation sites (tertiary alicyclic amines) is 1. The number of carbonyl (C=O) groups excluding carboxylic acids is 1. The molecule has 1 saturated heterocycles. The molecule has 1 fully saturated rings. The Morgan fingerprint density at radius 2 is 2.56 bits per heavy atom. The predicted molar refractivity (Wildman–Crippen MR) is 71.0 cm³/mol.